The van der Waals surface area contributed by atoms with Gasteiger partial charge >= 0.3 is 0 Å². The molecule has 0 spiro atoms. The summed E-state index contributed by atoms with van der Waals surface area (Å²) in [5.74, 6) is 0.0143. The molecule has 2 aliphatic heterocycles. The summed E-state index contributed by atoms with van der Waals surface area (Å²) in [5.41, 5.74) is 1.12. The minimum Gasteiger partial charge on any atom is -0.342 e. The van der Waals surface area contributed by atoms with Crippen molar-refractivity contribution in [2.45, 2.75) is 38.3 Å². The van der Waals surface area contributed by atoms with Crippen LogP contribution >= 0.6 is 0 Å². The molecule has 3 rings (SSSR count). The topological polar surface area (TPSA) is 43.9 Å². The Hall–Kier alpha value is -1.88. The number of carbonyl (C=O) groups is 2. The van der Waals surface area contributed by atoms with Crippen molar-refractivity contribution in [1.29, 1.82) is 0 Å². The third-order valence-electron chi connectivity index (χ3n) is 5.84. The molecule has 0 saturated carbocycles. The first kappa shape index (κ1) is 17.9. The smallest absolute Gasteiger partial charge is 0.227 e. The lowest BCUT2D eigenvalue weighted by Crippen LogP contribution is -2.46. The van der Waals surface area contributed by atoms with E-state index >= 15 is 0 Å². The van der Waals surface area contributed by atoms with Crippen molar-refractivity contribution < 1.29 is 9.59 Å². The minimum absolute atomic E-state index is 0.0140. The maximum Gasteiger partial charge on any atom is 0.227 e. The first-order valence-corrected chi connectivity index (χ1v) is 9.27. The van der Waals surface area contributed by atoms with Crippen molar-refractivity contribution in [3.05, 3.63) is 35.9 Å². The van der Waals surface area contributed by atoms with Crippen LogP contribution in [-0.2, 0) is 9.59 Å². The lowest BCUT2D eigenvalue weighted by molar-refractivity contribution is -0.137. The molecular formula is C20H29N3O2. The first-order valence-electron chi connectivity index (χ1n) is 9.27. The molecule has 2 aliphatic rings. The van der Waals surface area contributed by atoms with Crippen molar-refractivity contribution >= 4 is 11.8 Å². The van der Waals surface area contributed by atoms with Crippen LogP contribution in [0.4, 0.5) is 0 Å². The summed E-state index contributed by atoms with van der Waals surface area (Å²) < 4.78 is 0. The highest BCUT2D eigenvalue weighted by Gasteiger charge is 2.39. The summed E-state index contributed by atoms with van der Waals surface area (Å²) in [7, 11) is 4.03. The molecule has 136 valence electrons. The molecule has 1 aromatic carbocycles. The molecule has 5 nitrogen and oxygen atoms in total. The number of carbonyl (C=O) groups excluding carboxylic acids is 2. The number of rotatable bonds is 4. The van der Waals surface area contributed by atoms with E-state index in [4.69, 9.17) is 0 Å². The Balaban J connectivity index is 1.62. The normalized spacial score (nSPS) is 23.7. The van der Waals surface area contributed by atoms with Gasteiger partial charge in [-0.1, -0.05) is 30.3 Å². The monoisotopic (exact) mass is 343 g/mol. The molecule has 0 radical (unpaired) electrons. The molecule has 2 fully saturated rings. The second kappa shape index (κ2) is 7.56. The minimum atomic E-state index is -0.205. The van der Waals surface area contributed by atoms with Gasteiger partial charge in [0, 0.05) is 26.1 Å². The lowest BCUT2D eigenvalue weighted by atomic mass is 10.0. The van der Waals surface area contributed by atoms with Crippen molar-refractivity contribution in [3.63, 3.8) is 0 Å². The predicted octanol–water partition coefficient (Wildman–Crippen LogP) is 2.15. The van der Waals surface area contributed by atoms with Gasteiger partial charge in [0.1, 0.15) is 0 Å². The first-order chi connectivity index (χ1) is 12.0. The highest BCUT2D eigenvalue weighted by atomic mass is 16.2. The number of hydrogen-bond acceptors (Lipinski definition) is 3. The van der Waals surface area contributed by atoms with Gasteiger partial charge in [-0.2, -0.15) is 0 Å². The summed E-state index contributed by atoms with van der Waals surface area (Å²) in [5, 5.41) is 0. The summed E-state index contributed by atoms with van der Waals surface area (Å²) >= 11 is 0. The standard InChI is InChI=1S/C20H29N3O2/c1-15(16-7-5-4-6-8-16)23-14-17(13-19(23)24)20(25)22(3)18-9-11-21(2)12-10-18/h4-8,15,17-18H,9-14H2,1-3H3/t15-,17+/m0/s1. The van der Waals surface area contributed by atoms with Crippen LogP contribution in [0.3, 0.4) is 0 Å². The fraction of sp³-hybridized carbons (Fsp3) is 0.600. The van der Waals surface area contributed by atoms with E-state index < -0.39 is 0 Å². The van der Waals surface area contributed by atoms with Crippen LogP contribution in [0.25, 0.3) is 0 Å². The number of benzene rings is 1. The number of amides is 2. The fourth-order valence-corrected chi connectivity index (χ4v) is 4.03. The Morgan fingerprint density at radius 2 is 1.84 bits per heavy atom. The van der Waals surface area contributed by atoms with Gasteiger partial charge in [0.15, 0.2) is 0 Å². The van der Waals surface area contributed by atoms with Crippen molar-refractivity contribution in [1.82, 2.24) is 14.7 Å². The van der Waals surface area contributed by atoms with Crippen LogP contribution in [0, 0.1) is 5.92 Å². The van der Waals surface area contributed by atoms with Crippen LogP contribution in [0.2, 0.25) is 0 Å². The molecule has 0 aromatic heterocycles. The summed E-state index contributed by atoms with van der Waals surface area (Å²) in [6.07, 6.45) is 2.38. The van der Waals surface area contributed by atoms with Gasteiger partial charge in [-0.15, -0.1) is 0 Å². The van der Waals surface area contributed by atoms with E-state index in [1.54, 1.807) is 0 Å². The molecule has 2 amide bonds. The zero-order valence-corrected chi connectivity index (χ0v) is 15.5. The fourth-order valence-electron chi connectivity index (χ4n) is 4.03. The molecule has 0 bridgehead atoms. The molecule has 2 saturated heterocycles. The van der Waals surface area contributed by atoms with Crippen molar-refractivity contribution in [3.8, 4) is 0 Å². The SMILES string of the molecule is C[C@@H](c1ccccc1)N1C[C@H](C(=O)N(C)C2CCN(C)CC2)CC1=O. The van der Waals surface area contributed by atoms with Crippen LogP contribution < -0.4 is 0 Å². The average Bonchev–Trinajstić information content (AvgIpc) is 3.03. The quantitative estimate of drug-likeness (QED) is 0.841. The van der Waals surface area contributed by atoms with Crippen LogP contribution in [0.15, 0.2) is 30.3 Å². The molecule has 0 aliphatic carbocycles. The Morgan fingerprint density at radius 1 is 1.20 bits per heavy atom. The Labute approximate surface area is 150 Å². The molecule has 0 unspecified atom stereocenters. The summed E-state index contributed by atoms with van der Waals surface area (Å²) in [6, 6.07) is 10.4. The number of nitrogens with zero attached hydrogens (tertiary/aromatic N) is 3. The summed E-state index contributed by atoms with van der Waals surface area (Å²) in [6.45, 7) is 4.64. The molecule has 25 heavy (non-hydrogen) atoms. The van der Waals surface area contributed by atoms with Gasteiger partial charge in [-0.05, 0) is 45.5 Å². The van der Waals surface area contributed by atoms with E-state index in [-0.39, 0.29) is 23.8 Å². The van der Waals surface area contributed by atoms with E-state index in [9.17, 15) is 9.59 Å². The third kappa shape index (κ3) is 3.87. The van der Waals surface area contributed by atoms with Gasteiger partial charge in [-0.3, -0.25) is 9.59 Å². The Kier molecular flexibility index (Phi) is 5.42. The second-order valence-corrected chi connectivity index (χ2v) is 7.52. The van der Waals surface area contributed by atoms with Gasteiger partial charge in [0.2, 0.25) is 11.8 Å². The summed E-state index contributed by atoms with van der Waals surface area (Å²) in [4.78, 5) is 31.5. The number of piperidine rings is 1. The highest BCUT2D eigenvalue weighted by molar-refractivity contribution is 5.89. The van der Waals surface area contributed by atoms with Gasteiger partial charge in [0.05, 0.1) is 12.0 Å². The molecule has 2 atom stereocenters. The predicted molar refractivity (Wildman–Crippen MR) is 98.0 cm³/mol. The average molecular weight is 343 g/mol. The largest absolute Gasteiger partial charge is 0.342 e. The molecule has 2 heterocycles. The lowest BCUT2D eigenvalue weighted by Gasteiger charge is -2.36. The maximum atomic E-state index is 12.9. The highest BCUT2D eigenvalue weighted by Crippen LogP contribution is 2.30. The molecule has 0 N–H and O–H groups in total. The van der Waals surface area contributed by atoms with Gasteiger partial charge in [0.25, 0.3) is 0 Å². The Morgan fingerprint density at radius 3 is 2.48 bits per heavy atom. The van der Waals surface area contributed by atoms with Gasteiger partial charge < -0.3 is 14.7 Å². The van der Waals surface area contributed by atoms with E-state index in [0.29, 0.717) is 19.0 Å². The van der Waals surface area contributed by atoms with E-state index in [1.807, 2.05) is 54.1 Å². The zero-order chi connectivity index (χ0) is 18.0. The number of likely N-dealkylation sites (tertiary alicyclic amines) is 2. The van der Waals surface area contributed by atoms with E-state index in [2.05, 4.69) is 11.9 Å². The molecule has 1 aromatic rings. The second-order valence-electron chi connectivity index (χ2n) is 7.52. The number of hydrogen-bond donors (Lipinski definition) is 0. The zero-order valence-electron chi connectivity index (χ0n) is 15.5. The van der Waals surface area contributed by atoms with E-state index in [0.717, 1.165) is 31.5 Å². The van der Waals surface area contributed by atoms with Crippen LogP contribution in [0.1, 0.15) is 37.8 Å². The molecule has 5 heteroatoms. The van der Waals surface area contributed by atoms with E-state index in [1.165, 1.54) is 0 Å². The van der Waals surface area contributed by atoms with Crippen LogP contribution in [-0.4, -0.2) is 66.3 Å². The van der Waals surface area contributed by atoms with Crippen molar-refractivity contribution in [2.75, 3.05) is 33.7 Å². The maximum absolute atomic E-state index is 12.9. The van der Waals surface area contributed by atoms with Crippen LogP contribution in [0.5, 0.6) is 0 Å². The third-order valence-corrected chi connectivity index (χ3v) is 5.84. The van der Waals surface area contributed by atoms with Crippen molar-refractivity contribution in [2.24, 2.45) is 5.92 Å². The van der Waals surface area contributed by atoms with Gasteiger partial charge in [-0.25, -0.2) is 0 Å². The Bertz CT molecular complexity index is 611. The molecular weight excluding hydrogens is 314 g/mol.